The van der Waals surface area contributed by atoms with Crippen LogP contribution in [-0.4, -0.2) is 203 Å². The molecule has 0 aromatic heterocycles. The number of carbonyl (C=O) groups is 11. The van der Waals surface area contributed by atoms with Crippen molar-refractivity contribution in [2.75, 3.05) is 40.8 Å². The number of Topliss-reactive ketones (excluding diaryl/α,β-unsaturated/α-hetero) is 1. The molecule has 25 nitrogen and oxygen atoms in total. The van der Waals surface area contributed by atoms with Gasteiger partial charge in [-0.15, -0.1) is 0 Å². The van der Waals surface area contributed by atoms with Crippen molar-refractivity contribution in [3.05, 3.63) is 65.7 Å². The van der Waals surface area contributed by atoms with Crippen LogP contribution in [0.25, 0.3) is 0 Å². The highest BCUT2D eigenvalue weighted by molar-refractivity contribution is 6.05. The first kappa shape index (κ1) is 73.1. The Bertz CT molecular complexity index is 2800. The van der Waals surface area contributed by atoms with E-state index in [1.807, 2.05) is 44.2 Å². The zero-order valence-electron chi connectivity index (χ0n) is 54.3. The third-order valence-electron chi connectivity index (χ3n) is 17.2. The van der Waals surface area contributed by atoms with Gasteiger partial charge in [0, 0.05) is 40.2 Å². The number of unbranched alkanes of at least 4 members (excludes halogenated alkanes) is 1. The van der Waals surface area contributed by atoms with Gasteiger partial charge in [0.25, 0.3) is 5.91 Å². The third-order valence-corrected chi connectivity index (χ3v) is 17.2. The molecule has 3 aliphatic heterocycles. The van der Waals surface area contributed by atoms with Crippen molar-refractivity contribution < 1.29 is 81.9 Å². The molecule has 3 aliphatic rings. The van der Waals surface area contributed by atoms with E-state index in [1.165, 1.54) is 56.7 Å². The molecule has 3 fully saturated rings. The summed E-state index contributed by atoms with van der Waals surface area (Å²) in [6, 6.07) is 6.44. The lowest BCUT2D eigenvalue weighted by atomic mass is 9.91. The number of likely N-dealkylation sites (tertiary alicyclic amines) is 1. The second-order valence-corrected chi connectivity index (χ2v) is 24.8. The van der Waals surface area contributed by atoms with E-state index in [0.717, 1.165) is 10.5 Å². The monoisotopic (exact) mass is 1260 g/mol. The highest BCUT2D eigenvalue weighted by Gasteiger charge is 2.46. The average molecular weight is 1260 g/mol. The number of carbonyl (C=O) groups excluding carboxylic acids is 11. The summed E-state index contributed by atoms with van der Waals surface area (Å²) in [7, 11) is 4.25. The summed E-state index contributed by atoms with van der Waals surface area (Å²) in [5.74, 6) is -10.7. The molecule has 2 aromatic rings. The molecule has 25 heteroatoms. The minimum absolute atomic E-state index is 0.0129. The van der Waals surface area contributed by atoms with E-state index in [9.17, 15) is 48.6 Å². The standard InChI is InChI=1S/C65H96N8O17/c1-13-39(6)53-51(75)35-52(76)90-56(38(4)5)55(77)40(7)57(78)67-46(23-17-18-30-66-65(86)88-36-44-21-15-14-16-22-44)61(82)73-32-20-25-48(73)63(84)71(11)50(34-43-26-28-45(87-12)29-27-43)64(85)89-42(9)54(59(80)68-53)69-58(79)49(33-37(2)3)70(10)62(83)47-24-19-31-72(47)60(81)41(8)74/h14-16,21-22,26-29,37-42,46-51,53-54,56,74-75H,13,17-20,23-25,30-36H2,1-12H3,(H,66,86)(H,67,78)(H,68,80)(H,69,79)/t39-,40-,41-,42+,46?,47-,48-,49+,50?,51-,53?,54?,56?/m0/s1. The Labute approximate surface area is 528 Å². The number of likely N-dealkylation sites (N-methyl/N-ethyl adjacent to an activating group) is 2. The van der Waals surface area contributed by atoms with Crippen LogP contribution in [0.4, 0.5) is 4.79 Å². The molecule has 498 valence electrons. The number of esters is 2. The van der Waals surface area contributed by atoms with Gasteiger partial charge in [0.1, 0.15) is 60.8 Å². The molecule has 90 heavy (non-hydrogen) atoms. The van der Waals surface area contributed by atoms with E-state index in [2.05, 4.69) is 21.3 Å². The maximum Gasteiger partial charge on any atom is 0.407 e. The minimum atomic E-state index is -1.80. The minimum Gasteiger partial charge on any atom is -0.497 e. The number of cyclic esters (lactones) is 2. The molecule has 8 amide bonds. The summed E-state index contributed by atoms with van der Waals surface area (Å²) < 4.78 is 22.7. The first-order chi connectivity index (χ1) is 42.6. The number of aliphatic hydroxyl groups is 2. The quantitative estimate of drug-likeness (QED) is 0.0479. The second kappa shape index (κ2) is 34.5. The molecule has 3 saturated heterocycles. The van der Waals surface area contributed by atoms with E-state index in [-0.39, 0.29) is 70.7 Å². The van der Waals surface area contributed by atoms with Crippen molar-refractivity contribution in [3.8, 4) is 5.75 Å². The SMILES string of the molecule is CC[C@H](C)C1NC(=O)C(NC(=O)[C@@H](CC(C)C)N(C)C(=O)[C@@H]2CCCN2C(=O)[C@H](C)O)[C@@H](C)OC(=O)C(Cc2ccc(OC)cc2)N(C)C(=O)[C@@H]2CCCN2C(=O)C(CCCCNC(=O)OCc2ccccc2)NC(=O)[C@@H](C)C(=O)C(C(C)C)OC(=O)C[C@@H]1O. The van der Waals surface area contributed by atoms with Crippen LogP contribution in [0.2, 0.25) is 0 Å². The molecule has 13 atom stereocenters. The lowest BCUT2D eigenvalue weighted by Crippen LogP contribution is -2.62. The van der Waals surface area contributed by atoms with Gasteiger partial charge in [-0.25, -0.2) is 9.59 Å². The molecule has 0 radical (unpaired) electrons. The fraction of sp³-hybridized carbons (Fsp3) is 0.646. The molecule has 2 aromatic carbocycles. The highest BCUT2D eigenvalue weighted by Crippen LogP contribution is 2.27. The van der Waals surface area contributed by atoms with E-state index in [0.29, 0.717) is 37.0 Å². The summed E-state index contributed by atoms with van der Waals surface area (Å²) in [4.78, 5) is 163. The number of amides is 8. The summed E-state index contributed by atoms with van der Waals surface area (Å²) in [5.41, 5.74) is 1.33. The van der Waals surface area contributed by atoms with Gasteiger partial charge in [0.2, 0.25) is 35.4 Å². The molecular weight excluding hydrogens is 1160 g/mol. The predicted molar refractivity (Wildman–Crippen MR) is 329 cm³/mol. The number of ether oxygens (including phenoxy) is 4. The molecule has 6 N–H and O–H groups in total. The third kappa shape index (κ3) is 19.9. The van der Waals surface area contributed by atoms with Gasteiger partial charge >= 0.3 is 18.0 Å². The number of alkyl carbamates (subject to hydrolysis) is 1. The molecular formula is C65H96N8O17. The first-order valence-corrected chi connectivity index (χ1v) is 31.5. The topological polar surface area (TPSA) is 326 Å². The molecule has 0 spiro atoms. The summed E-state index contributed by atoms with van der Waals surface area (Å²) >= 11 is 0. The molecule has 0 bridgehead atoms. The van der Waals surface area contributed by atoms with Gasteiger partial charge in [-0.1, -0.05) is 90.4 Å². The Balaban J connectivity index is 1.57. The fourth-order valence-corrected chi connectivity index (χ4v) is 11.5. The van der Waals surface area contributed by atoms with Crippen LogP contribution in [0.15, 0.2) is 54.6 Å². The van der Waals surface area contributed by atoms with Crippen molar-refractivity contribution in [2.45, 2.75) is 206 Å². The number of rotatable bonds is 20. The van der Waals surface area contributed by atoms with Crippen LogP contribution >= 0.6 is 0 Å². The Hall–Kier alpha value is -7.67. The number of hydrogen-bond donors (Lipinski definition) is 6. The van der Waals surface area contributed by atoms with E-state index < -0.39 is 156 Å². The number of methoxy groups -OCH3 is 1. The molecule has 3 heterocycles. The molecule has 0 aliphatic carbocycles. The van der Waals surface area contributed by atoms with Crippen LogP contribution in [0, 0.1) is 23.7 Å². The smallest absolute Gasteiger partial charge is 0.407 e. The van der Waals surface area contributed by atoms with E-state index in [1.54, 1.807) is 52.0 Å². The zero-order valence-corrected chi connectivity index (χ0v) is 54.3. The van der Waals surface area contributed by atoms with Crippen molar-refractivity contribution in [3.63, 3.8) is 0 Å². The van der Waals surface area contributed by atoms with Gasteiger partial charge < -0.3 is 70.0 Å². The van der Waals surface area contributed by atoms with Gasteiger partial charge in [-0.05, 0) is 113 Å². The number of benzene rings is 2. The number of hydrogen-bond acceptors (Lipinski definition) is 17. The largest absolute Gasteiger partial charge is 0.497 e. The van der Waals surface area contributed by atoms with Crippen molar-refractivity contribution in [1.29, 1.82) is 0 Å². The van der Waals surface area contributed by atoms with Crippen LogP contribution in [0.1, 0.15) is 138 Å². The summed E-state index contributed by atoms with van der Waals surface area (Å²) in [5, 5.41) is 33.1. The van der Waals surface area contributed by atoms with Crippen LogP contribution in [-0.2, 0) is 75.2 Å². The summed E-state index contributed by atoms with van der Waals surface area (Å²) in [6.07, 6.45) is -5.67. The van der Waals surface area contributed by atoms with Gasteiger partial charge in [-0.2, -0.15) is 0 Å². The zero-order chi connectivity index (χ0) is 66.7. The Morgan fingerprint density at radius 1 is 0.833 bits per heavy atom. The number of nitrogens with one attached hydrogen (secondary N) is 4. The van der Waals surface area contributed by atoms with Crippen LogP contribution in [0.3, 0.4) is 0 Å². The number of fused-ring (bicyclic) bond motifs is 1. The fourth-order valence-electron chi connectivity index (χ4n) is 11.5. The van der Waals surface area contributed by atoms with Gasteiger partial charge in [0.05, 0.1) is 31.6 Å². The maximum absolute atomic E-state index is 15.1. The van der Waals surface area contributed by atoms with Crippen LogP contribution < -0.4 is 26.0 Å². The Kier molecular flexibility index (Phi) is 28.0. The van der Waals surface area contributed by atoms with E-state index in [4.69, 9.17) is 18.9 Å². The Morgan fingerprint density at radius 2 is 1.50 bits per heavy atom. The molecule has 5 unspecified atom stereocenters. The van der Waals surface area contributed by atoms with Crippen molar-refractivity contribution in [1.82, 2.24) is 40.9 Å². The lowest BCUT2D eigenvalue weighted by molar-refractivity contribution is -0.163. The summed E-state index contributed by atoms with van der Waals surface area (Å²) in [6.45, 7) is 14.7. The van der Waals surface area contributed by atoms with Gasteiger partial charge in [-0.3, -0.25) is 43.2 Å². The predicted octanol–water partition coefficient (Wildman–Crippen LogP) is 3.37. The van der Waals surface area contributed by atoms with Crippen molar-refractivity contribution >= 4 is 65.2 Å². The molecule has 5 rings (SSSR count). The highest BCUT2D eigenvalue weighted by atomic mass is 16.6. The molecule has 0 saturated carbocycles. The number of aliphatic hydroxyl groups excluding tert-OH is 2. The maximum atomic E-state index is 15.1. The number of nitrogens with zero attached hydrogens (tertiary/aromatic N) is 4. The van der Waals surface area contributed by atoms with Crippen LogP contribution in [0.5, 0.6) is 5.75 Å². The Morgan fingerprint density at radius 3 is 2.12 bits per heavy atom. The van der Waals surface area contributed by atoms with Gasteiger partial charge in [0.15, 0.2) is 11.9 Å². The first-order valence-electron chi connectivity index (χ1n) is 31.5. The normalized spacial score (nSPS) is 25.5. The number of ketones is 1. The van der Waals surface area contributed by atoms with E-state index >= 15 is 14.4 Å². The second-order valence-electron chi connectivity index (χ2n) is 24.8. The average Bonchev–Trinajstić information content (AvgIpc) is 2.02. The lowest BCUT2D eigenvalue weighted by Gasteiger charge is -2.36. The van der Waals surface area contributed by atoms with Crippen molar-refractivity contribution in [2.24, 2.45) is 23.7 Å².